The van der Waals surface area contributed by atoms with E-state index in [2.05, 4.69) is 25.1 Å². The third-order valence-corrected chi connectivity index (χ3v) is 3.62. The first-order valence-corrected chi connectivity index (χ1v) is 6.75. The number of benzene rings is 1. The number of carbonyl (C=O) groups excluding carboxylic acids is 1. The molecule has 2 rings (SSSR count). The van der Waals surface area contributed by atoms with Crippen LogP contribution in [0, 0.1) is 12.8 Å². The van der Waals surface area contributed by atoms with E-state index in [-0.39, 0.29) is 11.8 Å². The topological polar surface area (TPSA) is 46.3 Å². The lowest BCUT2D eigenvalue weighted by molar-refractivity contribution is -0.134. The molecule has 3 heteroatoms. The number of hydrogen-bond acceptors (Lipinski definition) is 2. The molecule has 1 aromatic rings. The van der Waals surface area contributed by atoms with Crippen molar-refractivity contribution in [2.45, 2.75) is 26.2 Å². The maximum absolute atomic E-state index is 12.3. The summed E-state index contributed by atoms with van der Waals surface area (Å²) in [5, 5.41) is 0. The van der Waals surface area contributed by atoms with E-state index in [0.717, 1.165) is 32.4 Å². The quantitative estimate of drug-likeness (QED) is 0.879. The molecule has 1 aliphatic heterocycles. The smallest absolute Gasteiger partial charge is 0.227 e. The molecule has 0 spiro atoms. The Morgan fingerprint density at radius 1 is 1.39 bits per heavy atom. The molecule has 0 saturated carbocycles. The SMILES string of the molecule is Cc1cccc(CC(CN)C(=O)N2CCCC2)c1. The lowest BCUT2D eigenvalue weighted by Crippen LogP contribution is -2.38. The summed E-state index contributed by atoms with van der Waals surface area (Å²) < 4.78 is 0. The Hall–Kier alpha value is -1.35. The highest BCUT2D eigenvalue weighted by atomic mass is 16.2. The molecule has 18 heavy (non-hydrogen) atoms. The molecule has 1 atom stereocenters. The zero-order chi connectivity index (χ0) is 13.0. The molecule has 0 radical (unpaired) electrons. The molecule has 1 saturated heterocycles. The lowest BCUT2D eigenvalue weighted by Gasteiger charge is -2.22. The number of aryl methyl sites for hydroxylation is 1. The van der Waals surface area contributed by atoms with E-state index in [9.17, 15) is 4.79 Å². The molecule has 0 bridgehead atoms. The van der Waals surface area contributed by atoms with Crippen molar-refractivity contribution in [3.63, 3.8) is 0 Å². The van der Waals surface area contributed by atoms with Gasteiger partial charge in [-0.05, 0) is 31.7 Å². The predicted octanol–water partition coefficient (Wildman–Crippen LogP) is 1.73. The first-order chi connectivity index (χ1) is 8.70. The number of likely N-dealkylation sites (tertiary alicyclic amines) is 1. The summed E-state index contributed by atoms with van der Waals surface area (Å²) in [5.41, 5.74) is 8.22. The summed E-state index contributed by atoms with van der Waals surface area (Å²) >= 11 is 0. The van der Waals surface area contributed by atoms with Crippen molar-refractivity contribution >= 4 is 5.91 Å². The van der Waals surface area contributed by atoms with E-state index in [1.807, 2.05) is 11.0 Å². The normalized spacial score (nSPS) is 16.9. The van der Waals surface area contributed by atoms with Crippen LogP contribution in [0.2, 0.25) is 0 Å². The molecule has 1 heterocycles. The first kappa shape index (κ1) is 13.1. The van der Waals surface area contributed by atoms with E-state index in [0.29, 0.717) is 6.54 Å². The Balaban J connectivity index is 2.02. The number of rotatable bonds is 4. The first-order valence-electron chi connectivity index (χ1n) is 6.75. The fraction of sp³-hybridized carbons (Fsp3) is 0.533. The van der Waals surface area contributed by atoms with Gasteiger partial charge >= 0.3 is 0 Å². The average Bonchev–Trinajstić information content (AvgIpc) is 2.89. The molecule has 1 fully saturated rings. The van der Waals surface area contributed by atoms with Crippen LogP contribution in [0.4, 0.5) is 0 Å². The zero-order valence-electron chi connectivity index (χ0n) is 11.1. The highest BCUT2D eigenvalue weighted by Gasteiger charge is 2.25. The summed E-state index contributed by atoms with van der Waals surface area (Å²) in [7, 11) is 0. The minimum absolute atomic E-state index is 0.0649. The number of nitrogens with zero attached hydrogens (tertiary/aromatic N) is 1. The van der Waals surface area contributed by atoms with Crippen LogP contribution in [0.5, 0.6) is 0 Å². The maximum atomic E-state index is 12.3. The summed E-state index contributed by atoms with van der Waals surface area (Å²) in [5.74, 6) is 0.168. The molecule has 3 nitrogen and oxygen atoms in total. The molecular formula is C15H22N2O. The molecular weight excluding hydrogens is 224 g/mol. The Kier molecular flexibility index (Phi) is 4.37. The monoisotopic (exact) mass is 246 g/mol. The van der Waals surface area contributed by atoms with Gasteiger partial charge in [0.05, 0.1) is 5.92 Å². The summed E-state index contributed by atoms with van der Waals surface area (Å²) in [4.78, 5) is 14.3. The van der Waals surface area contributed by atoms with E-state index in [1.165, 1.54) is 11.1 Å². The standard InChI is InChI=1S/C15H22N2O/c1-12-5-4-6-13(9-12)10-14(11-16)15(18)17-7-2-3-8-17/h4-6,9,14H,2-3,7-8,10-11,16H2,1H3. The average molecular weight is 246 g/mol. The number of nitrogens with two attached hydrogens (primary N) is 1. The van der Waals surface area contributed by atoms with Gasteiger partial charge in [-0.2, -0.15) is 0 Å². The van der Waals surface area contributed by atoms with Crippen molar-refractivity contribution in [3.8, 4) is 0 Å². The van der Waals surface area contributed by atoms with Crippen molar-refractivity contribution in [2.24, 2.45) is 11.7 Å². The Morgan fingerprint density at radius 2 is 2.11 bits per heavy atom. The van der Waals surface area contributed by atoms with Crippen LogP contribution < -0.4 is 5.73 Å². The van der Waals surface area contributed by atoms with E-state index < -0.39 is 0 Å². The third kappa shape index (κ3) is 3.10. The third-order valence-electron chi connectivity index (χ3n) is 3.62. The molecule has 1 unspecified atom stereocenters. The van der Waals surface area contributed by atoms with Crippen LogP contribution in [0.15, 0.2) is 24.3 Å². The number of amides is 1. The minimum Gasteiger partial charge on any atom is -0.342 e. The van der Waals surface area contributed by atoms with Gasteiger partial charge in [-0.1, -0.05) is 29.8 Å². The van der Waals surface area contributed by atoms with Crippen molar-refractivity contribution in [1.29, 1.82) is 0 Å². The van der Waals surface area contributed by atoms with Gasteiger partial charge in [-0.3, -0.25) is 4.79 Å². The highest BCUT2D eigenvalue weighted by molar-refractivity contribution is 5.79. The van der Waals surface area contributed by atoms with Crippen molar-refractivity contribution in [3.05, 3.63) is 35.4 Å². The van der Waals surface area contributed by atoms with Gasteiger partial charge in [0.15, 0.2) is 0 Å². The summed E-state index contributed by atoms with van der Waals surface area (Å²) in [6.07, 6.45) is 3.02. The van der Waals surface area contributed by atoms with Crippen LogP contribution in [-0.2, 0) is 11.2 Å². The largest absolute Gasteiger partial charge is 0.342 e. The van der Waals surface area contributed by atoms with Gasteiger partial charge in [0, 0.05) is 19.6 Å². The second-order valence-electron chi connectivity index (χ2n) is 5.16. The molecule has 1 aliphatic rings. The molecule has 98 valence electrons. The van der Waals surface area contributed by atoms with Gasteiger partial charge in [-0.15, -0.1) is 0 Å². The van der Waals surface area contributed by atoms with Crippen molar-refractivity contribution in [1.82, 2.24) is 4.90 Å². The number of carbonyl (C=O) groups is 1. The lowest BCUT2D eigenvalue weighted by atomic mass is 9.97. The summed E-state index contributed by atoms with van der Waals surface area (Å²) in [6, 6.07) is 8.33. The van der Waals surface area contributed by atoms with Crippen LogP contribution in [-0.4, -0.2) is 30.4 Å². The second-order valence-corrected chi connectivity index (χ2v) is 5.16. The van der Waals surface area contributed by atoms with E-state index in [1.54, 1.807) is 0 Å². The van der Waals surface area contributed by atoms with Crippen molar-refractivity contribution in [2.75, 3.05) is 19.6 Å². The van der Waals surface area contributed by atoms with Gasteiger partial charge in [-0.25, -0.2) is 0 Å². The van der Waals surface area contributed by atoms with Gasteiger partial charge in [0.1, 0.15) is 0 Å². The molecule has 0 aliphatic carbocycles. The van der Waals surface area contributed by atoms with Gasteiger partial charge in [0.25, 0.3) is 0 Å². The van der Waals surface area contributed by atoms with Gasteiger partial charge < -0.3 is 10.6 Å². The zero-order valence-corrected chi connectivity index (χ0v) is 11.1. The Morgan fingerprint density at radius 3 is 2.72 bits per heavy atom. The highest BCUT2D eigenvalue weighted by Crippen LogP contribution is 2.16. The van der Waals surface area contributed by atoms with E-state index >= 15 is 0 Å². The Bertz CT molecular complexity index is 411. The van der Waals surface area contributed by atoms with Crippen LogP contribution in [0.1, 0.15) is 24.0 Å². The van der Waals surface area contributed by atoms with Crippen LogP contribution in [0.25, 0.3) is 0 Å². The summed E-state index contributed by atoms with van der Waals surface area (Å²) in [6.45, 7) is 4.32. The molecule has 1 amide bonds. The fourth-order valence-electron chi connectivity index (χ4n) is 2.59. The Labute approximate surface area is 109 Å². The molecule has 2 N–H and O–H groups in total. The molecule has 0 aromatic heterocycles. The molecule has 1 aromatic carbocycles. The second kappa shape index (κ2) is 6.01. The van der Waals surface area contributed by atoms with Gasteiger partial charge in [0.2, 0.25) is 5.91 Å². The maximum Gasteiger partial charge on any atom is 0.227 e. The predicted molar refractivity (Wildman–Crippen MR) is 73.2 cm³/mol. The minimum atomic E-state index is -0.0649. The number of hydrogen-bond donors (Lipinski definition) is 1. The van der Waals surface area contributed by atoms with Crippen LogP contribution in [0.3, 0.4) is 0 Å². The van der Waals surface area contributed by atoms with Crippen molar-refractivity contribution < 1.29 is 4.79 Å². The van der Waals surface area contributed by atoms with E-state index in [4.69, 9.17) is 5.73 Å². The fourth-order valence-corrected chi connectivity index (χ4v) is 2.59. The van der Waals surface area contributed by atoms with Crippen LogP contribution >= 0.6 is 0 Å².